The van der Waals surface area contributed by atoms with Crippen molar-refractivity contribution in [3.8, 4) is 12.3 Å². The summed E-state index contributed by atoms with van der Waals surface area (Å²) < 4.78 is 28.1. The minimum absolute atomic E-state index is 0.101. The topological polar surface area (TPSA) is 54.3 Å². The summed E-state index contributed by atoms with van der Waals surface area (Å²) in [6.45, 7) is 2.95. The molecule has 1 fully saturated rings. The van der Waals surface area contributed by atoms with Crippen molar-refractivity contribution in [2.24, 2.45) is 7.05 Å². The highest BCUT2D eigenvalue weighted by atomic mass is 32.2. The van der Waals surface area contributed by atoms with Gasteiger partial charge in [0.2, 0.25) is 10.0 Å². The number of hydrogen-bond acceptors (Lipinski definition) is 3. The van der Waals surface area contributed by atoms with E-state index in [9.17, 15) is 8.42 Å². The lowest BCUT2D eigenvalue weighted by Crippen LogP contribution is -2.31. The summed E-state index contributed by atoms with van der Waals surface area (Å²) in [6.07, 6.45) is 9.30. The van der Waals surface area contributed by atoms with Crippen LogP contribution in [-0.4, -0.2) is 36.4 Å². The van der Waals surface area contributed by atoms with Crippen LogP contribution in [0.15, 0.2) is 17.2 Å². The molecule has 1 aliphatic carbocycles. The first-order chi connectivity index (χ1) is 9.48. The Labute approximate surface area is 121 Å². The largest absolute Gasteiger partial charge is 0.352 e. The fourth-order valence-electron chi connectivity index (χ4n) is 2.05. The lowest BCUT2D eigenvalue weighted by molar-refractivity contribution is 0.464. The van der Waals surface area contributed by atoms with Crippen molar-refractivity contribution in [3.05, 3.63) is 18.0 Å². The van der Waals surface area contributed by atoms with Gasteiger partial charge in [-0.2, -0.15) is 4.31 Å². The lowest BCUT2D eigenvalue weighted by atomic mass is 10.4. The molecular weight excluding hydrogens is 274 g/mol. The summed E-state index contributed by atoms with van der Waals surface area (Å²) in [5.41, 5.74) is 0.965. The van der Waals surface area contributed by atoms with Crippen LogP contribution in [0.3, 0.4) is 0 Å². The number of nitrogens with zero attached hydrogens (tertiary/aromatic N) is 2. The zero-order chi connectivity index (χ0) is 14.8. The predicted octanol–water partition coefficient (Wildman–Crippen LogP) is 0.921. The van der Waals surface area contributed by atoms with Crippen molar-refractivity contribution in [3.63, 3.8) is 0 Å². The Hall–Kier alpha value is -1.29. The second-order valence-electron chi connectivity index (χ2n) is 5.07. The van der Waals surface area contributed by atoms with E-state index < -0.39 is 10.0 Å². The van der Waals surface area contributed by atoms with E-state index in [-0.39, 0.29) is 6.54 Å². The summed E-state index contributed by atoms with van der Waals surface area (Å²) >= 11 is 0. The quantitative estimate of drug-likeness (QED) is 0.761. The van der Waals surface area contributed by atoms with Crippen molar-refractivity contribution in [2.75, 3.05) is 13.1 Å². The highest BCUT2D eigenvalue weighted by Crippen LogP contribution is 2.21. The van der Waals surface area contributed by atoms with Crippen LogP contribution in [0, 0.1) is 12.3 Å². The van der Waals surface area contributed by atoms with E-state index >= 15 is 0 Å². The van der Waals surface area contributed by atoms with Crippen LogP contribution in [0.1, 0.15) is 25.5 Å². The van der Waals surface area contributed by atoms with Gasteiger partial charge in [0.05, 0.1) is 6.54 Å². The van der Waals surface area contributed by atoms with Gasteiger partial charge in [-0.25, -0.2) is 8.42 Å². The molecule has 6 heteroatoms. The third-order valence-electron chi connectivity index (χ3n) is 3.49. The zero-order valence-corrected chi connectivity index (χ0v) is 12.8. The molecule has 1 aromatic heterocycles. The smallest absolute Gasteiger partial charge is 0.245 e. The maximum absolute atomic E-state index is 12.5. The van der Waals surface area contributed by atoms with Crippen molar-refractivity contribution in [1.82, 2.24) is 14.2 Å². The molecule has 0 atom stereocenters. The molecule has 0 saturated heterocycles. The van der Waals surface area contributed by atoms with E-state index in [4.69, 9.17) is 6.42 Å². The van der Waals surface area contributed by atoms with E-state index in [2.05, 4.69) is 11.2 Å². The number of hydrogen-bond donors (Lipinski definition) is 1. The van der Waals surface area contributed by atoms with Gasteiger partial charge in [-0.3, -0.25) is 0 Å². The number of nitrogens with one attached hydrogen (secondary N) is 1. The van der Waals surface area contributed by atoms with Gasteiger partial charge in [-0.05, 0) is 18.9 Å². The van der Waals surface area contributed by atoms with E-state index in [0.717, 1.165) is 5.69 Å². The fourth-order valence-corrected chi connectivity index (χ4v) is 3.51. The molecule has 2 rings (SSSR count). The summed E-state index contributed by atoms with van der Waals surface area (Å²) in [7, 11) is -1.63. The Morgan fingerprint density at radius 3 is 2.80 bits per heavy atom. The third kappa shape index (κ3) is 3.23. The minimum atomic E-state index is -3.50. The SMILES string of the molecule is C#CCN(CC)S(=O)(=O)c1cc(CNC2CC2)n(C)c1. The molecule has 1 heterocycles. The first-order valence-electron chi connectivity index (χ1n) is 6.81. The van der Waals surface area contributed by atoms with Crippen LogP contribution < -0.4 is 5.32 Å². The van der Waals surface area contributed by atoms with Crippen LogP contribution in [-0.2, 0) is 23.6 Å². The summed E-state index contributed by atoms with van der Waals surface area (Å²) in [4.78, 5) is 0.310. The summed E-state index contributed by atoms with van der Waals surface area (Å²) in [5, 5.41) is 3.39. The number of sulfonamides is 1. The van der Waals surface area contributed by atoms with Gasteiger partial charge in [0, 0.05) is 38.1 Å². The molecule has 1 aliphatic rings. The number of aryl methyl sites for hydroxylation is 1. The zero-order valence-electron chi connectivity index (χ0n) is 12.0. The van der Waals surface area contributed by atoms with Crippen LogP contribution in [0.25, 0.3) is 0 Å². The molecule has 20 heavy (non-hydrogen) atoms. The van der Waals surface area contributed by atoms with Gasteiger partial charge in [0.15, 0.2) is 0 Å². The molecule has 110 valence electrons. The van der Waals surface area contributed by atoms with Crippen LogP contribution in [0.2, 0.25) is 0 Å². The molecule has 1 saturated carbocycles. The molecule has 0 spiro atoms. The van der Waals surface area contributed by atoms with E-state index in [1.54, 1.807) is 19.2 Å². The van der Waals surface area contributed by atoms with Gasteiger partial charge < -0.3 is 9.88 Å². The van der Waals surface area contributed by atoms with E-state index in [1.165, 1.54) is 17.1 Å². The Morgan fingerprint density at radius 2 is 2.25 bits per heavy atom. The monoisotopic (exact) mass is 295 g/mol. The van der Waals surface area contributed by atoms with Crippen LogP contribution >= 0.6 is 0 Å². The Bertz CT molecular complexity index is 609. The van der Waals surface area contributed by atoms with Gasteiger partial charge >= 0.3 is 0 Å². The van der Waals surface area contributed by atoms with Crippen molar-refractivity contribution in [1.29, 1.82) is 0 Å². The Balaban J connectivity index is 2.18. The predicted molar refractivity (Wildman–Crippen MR) is 78.5 cm³/mol. The minimum Gasteiger partial charge on any atom is -0.352 e. The molecule has 0 bridgehead atoms. The van der Waals surface area contributed by atoms with Crippen LogP contribution in [0.4, 0.5) is 0 Å². The maximum Gasteiger partial charge on any atom is 0.245 e. The van der Waals surface area contributed by atoms with Gasteiger partial charge in [-0.1, -0.05) is 12.8 Å². The molecule has 0 amide bonds. The number of rotatable bonds is 7. The van der Waals surface area contributed by atoms with Crippen molar-refractivity contribution in [2.45, 2.75) is 37.2 Å². The summed E-state index contributed by atoms with van der Waals surface area (Å²) in [5.74, 6) is 2.39. The van der Waals surface area contributed by atoms with Crippen molar-refractivity contribution < 1.29 is 8.42 Å². The first kappa shape index (κ1) is 15.1. The second kappa shape index (κ2) is 6.00. The second-order valence-corrected chi connectivity index (χ2v) is 7.01. The van der Waals surface area contributed by atoms with Crippen molar-refractivity contribution >= 4 is 10.0 Å². The normalized spacial score (nSPS) is 15.5. The molecular formula is C14H21N3O2S. The van der Waals surface area contributed by atoms with Gasteiger partial charge in [0.25, 0.3) is 0 Å². The van der Waals surface area contributed by atoms with E-state index in [1.807, 2.05) is 11.6 Å². The molecule has 5 nitrogen and oxygen atoms in total. The highest BCUT2D eigenvalue weighted by Gasteiger charge is 2.25. The molecule has 0 unspecified atom stereocenters. The average Bonchev–Trinajstić information content (AvgIpc) is 3.16. The Morgan fingerprint density at radius 1 is 1.55 bits per heavy atom. The molecule has 1 N–H and O–H groups in total. The molecule has 0 aliphatic heterocycles. The first-order valence-corrected chi connectivity index (χ1v) is 8.25. The molecule has 0 radical (unpaired) electrons. The fraction of sp³-hybridized carbons (Fsp3) is 0.571. The van der Waals surface area contributed by atoms with Crippen LogP contribution in [0.5, 0.6) is 0 Å². The molecule has 1 aromatic rings. The maximum atomic E-state index is 12.5. The highest BCUT2D eigenvalue weighted by molar-refractivity contribution is 7.89. The lowest BCUT2D eigenvalue weighted by Gasteiger charge is -2.16. The average molecular weight is 295 g/mol. The molecule has 0 aromatic carbocycles. The standard InChI is InChI=1S/C14H21N3O2S/c1-4-8-17(5-2)20(18,19)14-9-13(16(3)11-14)10-15-12-6-7-12/h1,9,11-12,15H,5-8,10H2,2-3H3. The number of terminal acetylenes is 1. The number of aromatic nitrogens is 1. The van der Waals surface area contributed by atoms with E-state index in [0.29, 0.717) is 24.0 Å². The third-order valence-corrected chi connectivity index (χ3v) is 5.38. The summed E-state index contributed by atoms with van der Waals surface area (Å²) in [6, 6.07) is 2.32. The Kier molecular flexibility index (Phi) is 4.53. The van der Waals surface area contributed by atoms with Gasteiger partial charge in [0.1, 0.15) is 4.90 Å². The van der Waals surface area contributed by atoms with Gasteiger partial charge in [-0.15, -0.1) is 6.42 Å².